The summed E-state index contributed by atoms with van der Waals surface area (Å²) in [4.78, 5) is 10.3. The van der Waals surface area contributed by atoms with E-state index in [1.165, 1.54) is 0 Å². The molecule has 0 unspecified atom stereocenters. The van der Waals surface area contributed by atoms with E-state index in [0.29, 0.717) is 0 Å². The van der Waals surface area contributed by atoms with Crippen LogP contribution in [0.25, 0.3) is 0 Å². The van der Waals surface area contributed by atoms with Gasteiger partial charge < -0.3 is 21.2 Å². The lowest BCUT2D eigenvalue weighted by molar-refractivity contribution is -0.142. The number of aliphatic hydroxyl groups excluding tert-OH is 1. The van der Waals surface area contributed by atoms with Gasteiger partial charge in [-0.15, -0.1) is 0 Å². The Balaban J connectivity index is 3.65. The van der Waals surface area contributed by atoms with Crippen molar-refractivity contribution >= 4 is 5.97 Å². The molecule has 0 spiro atoms. The molecule has 0 aromatic heterocycles. The molecule has 12 heavy (non-hydrogen) atoms. The molecular weight excluding hydrogens is 164 g/mol. The fourth-order valence-electron chi connectivity index (χ4n) is 0.720. The normalized spacial score (nSPS) is 15.6. The third-order valence-electron chi connectivity index (χ3n) is 1.51. The van der Waals surface area contributed by atoms with E-state index in [9.17, 15) is 4.79 Å². The van der Waals surface area contributed by atoms with Crippen LogP contribution in [-0.2, 0) is 4.79 Å². The summed E-state index contributed by atoms with van der Waals surface area (Å²) in [7, 11) is 0. The molecule has 6 heteroatoms. The summed E-state index contributed by atoms with van der Waals surface area (Å²) in [6, 6.07) is -1.04. The van der Waals surface area contributed by atoms with E-state index < -0.39 is 18.1 Å². The van der Waals surface area contributed by atoms with Gasteiger partial charge in [0.05, 0.1) is 6.10 Å². The maximum atomic E-state index is 10.3. The highest BCUT2D eigenvalue weighted by molar-refractivity contribution is 5.73. The second-order valence-electron chi connectivity index (χ2n) is 2.49. The number of carboxylic acids is 1. The second-order valence-corrected chi connectivity index (χ2v) is 2.49. The monoisotopic (exact) mass is 178 g/mol. The van der Waals surface area contributed by atoms with Crippen LogP contribution >= 0.6 is 0 Å². The molecule has 0 aliphatic rings. The fourth-order valence-corrected chi connectivity index (χ4v) is 0.720. The van der Waals surface area contributed by atoms with E-state index in [1.807, 2.05) is 0 Å². The summed E-state index contributed by atoms with van der Waals surface area (Å²) in [5.74, 6) is -1.15. The Bertz CT molecular complexity index is 142. The van der Waals surface area contributed by atoms with Crippen LogP contribution in [0, 0.1) is 0 Å². The molecule has 0 aromatic rings. The highest BCUT2D eigenvalue weighted by atomic mass is 16.5. The van der Waals surface area contributed by atoms with Gasteiger partial charge in [-0.25, -0.2) is 0 Å². The number of hydroxylamine groups is 1. The van der Waals surface area contributed by atoms with Crippen molar-refractivity contribution in [1.29, 1.82) is 0 Å². The molecular formula is C6H14N2O4. The maximum Gasteiger partial charge on any atom is 0.323 e. The Morgan fingerprint density at radius 2 is 2.08 bits per heavy atom. The largest absolute Gasteiger partial charge is 0.480 e. The van der Waals surface area contributed by atoms with E-state index in [1.54, 1.807) is 5.48 Å². The van der Waals surface area contributed by atoms with Gasteiger partial charge >= 0.3 is 5.97 Å². The van der Waals surface area contributed by atoms with Gasteiger partial charge in [-0.2, -0.15) is 5.48 Å². The van der Waals surface area contributed by atoms with Crippen molar-refractivity contribution in [1.82, 2.24) is 5.48 Å². The molecule has 0 fully saturated rings. The zero-order chi connectivity index (χ0) is 9.56. The molecule has 6 N–H and O–H groups in total. The van der Waals surface area contributed by atoms with Gasteiger partial charge in [-0.1, -0.05) is 0 Å². The number of rotatable bonds is 6. The Labute approximate surface area is 70.0 Å². The van der Waals surface area contributed by atoms with Gasteiger partial charge in [0, 0.05) is 6.54 Å². The van der Waals surface area contributed by atoms with Crippen LogP contribution in [0.3, 0.4) is 0 Å². The first kappa shape index (κ1) is 11.3. The van der Waals surface area contributed by atoms with Gasteiger partial charge in [0.15, 0.2) is 0 Å². The molecule has 72 valence electrons. The van der Waals surface area contributed by atoms with Crippen molar-refractivity contribution in [3.05, 3.63) is 0 Å². The van der Waals surface area contributed by atoms with E-state index >= 15 is 0 Å². The number of hydrogen-bond acceptors (Lipinski definition) is 5. The first-order chi connectivity index (χ1) is 5.61. The van der Waals surface area contributed by atoms with Crippen molar-refractivity contribution in [2.45, 2.75) is 25.0 Å². The zero-order valence-electron chi connectivity index (χ0n) is 6.60. The first-order valence-electron chi connectivity index (χ1n) is 3.62. The average Bonchev–Trinajstić information content (AvgIpc) is 2.04. The number of hydrogen-bond donors (Lipinski definition) is 5. The van der Waals surface area contributed by atoms with E-state index in [4.69, 9.17) is 21.2 Å². The molecule has 0 aliphatic carbocycles. The molecule has 0 aliphatic heterocycles. The summed E-state index contributed by atoms with van der Waals surface area (Å²) in [6.45, 7) is 0.0950. The molecule has 0 heterocycles. The number of carboxylic acid groups (broad SMARTS) is 1. The molecule has 0 aromatic carbocycles. The summed E-state index contributed by atoms with van der Waals surface area (Å²) in [6.07, 6.45) is -0.314. The summed E-state index contributed by atoms with van der Waals surface area (Å²) in [5, 5.41) is 25.7. The molecule has 0 amide bonds. The lowest BCUT2D eigenvalue weighted by Gasteiger charge is -2.11. The van der Waals surface area contributed by atoms with Gasteiger partial charge in [0.2, 0.25) is 0 Å². The van der Waals surface area contributed by atoms with E-state index in [2.05, 4.69) is 0 Å². The quantitative estimate of drug-likeness (QED) is 0.317. The first-order valence-corrected chi connectivity index (χ1v) is 3.62. The summed E-state index contributed by atoms with van der Waals surface area (Å²) < 4.78 is 0. The van der Waals surface area contributed by atoms with Crippen LogP contribution in [0.2, 0.25) is 0 Å². The highest BCUT2D eigenvalue weighted by Gasteiger charge is 2.16. The maximum absolute atomic E-state index is 10.3. The highest BCUT2D eigenvalue weighted by Crippen LogP contribution is 2.00. The lowest BCUT2D eigenvalue weighted by Crippen LogP contribution is -2.35. The van der Waals surface area contributed by atoms with Crippen LogP contribution in [0.5, 0.6) is 0 Å². The Kier molecular flexibility index (Phi) is 5.56. The van der Waals surface area contributed by atoms with Crippen LogP contribution < -0.4 is 11.2 Å². The van der Waals surface area contributed by atoms with E-state index in [0.717, 1.165) is 0 Å². The zero-order valence-corrected chi connectivity index (χ0v) is 6.60. The van der Waals surface area contributed by atoms with Crippen molar-refractivity contribution < 1.29 is 20.2 Å². The van der Waals surface area contributed by atoms with E-state index in [-0.39, 0.29) is 19.4 Å². The van der Waals surface area contributed by atoms with Crippen LogP contribution in [0.1, 0.15) is 12.8 Å². The minimum atomic E-state index is -1.15. The molecule has 6 nitrogen and oxygen atoms in total. The predicted octanol–water partition coefficient (Wildman–Crippen LogP) is -1.48. The summed E-state index contributed by atoms with van der Waals surface area (Å²) in [5.41, 5.74) is 6.72. The molecule has 0 rings (SSSR count). The van der Waals surface area contributed by atoms with Gasteiger partial charge in [0.1, 0.15) is 6.04 Å². The molecule has 2 atom stereocenters. The number of carbonyl (C=O) groups is 1. The van der Waals surface area contributed by atoms with Crippen molar-refractivity contribution in [3.63, 3.8) is 0 Å². The van der Waals surface area contributed by atoms with Crippen molar-refractivity contribution in [2.75, 3.05) is 6.54 Å². The number of aliphatic hydroxyl groups is 1. The topological polar surface area (TPSA) is 116 Å². The smallest absolute Gasteiger partial charge is 0.323 e. The van der Waals surface area contributed by atoms with Gasteiger partial charge in [0.25, 0.3) is 0 Å². The Morgan fingerprint density at radius 1 is 1.50 bits per heavy atom. The number of nitrogens with one attached hydrogen (secondary N) is 1. The minimum absolute atomic E-state index is 0.0950. The van der Waals surface area contributed by atoms with Crippen molar-refractivity contribution in [3.8, 4) is 0 Å². The SMILES string of the molecule is NC[C@H](O)CC[C@H](NO)C(=O)O. The number of nitrogens with two attached hydrogens (primary N) is 1. The lowest BCUT2D eigenvalue weighted by atomic mass is 10.1. The van der Waals surface area contributed by atoms with Gasteiger partial charge in [-0.05, 0) is 12.8 Å². The van der Waals surface area contributed by atoms with Crippen LogP contribution in [-0.4, -0.2) is 40.1 Å². The van der Waals surface area contributed by atoms with Crippen molar-refractivity contribution in [2.24, 2.45) is 5.73 Å². The fraction of sp³-hybridized carbons (Fsp3) is 0.833. The summed E-state index contributed by atoms with van der Waals surface area (Å²) >= 11 is 0. The Morgan fingerprint density at radius 3 is 2.42 bits per heavy atom. The standard InChI is InChI=1S/C6H14N2O4/c7-3-4(9)1-2-5(8-12)6(10)11/h4-5,8-9,12H,1-3,7H2,(H,10,11)/t4-,5+/m1/s1. The van der Waals surface area contributed by atoms with Crippen LogP contribution in [0.4, 0.5) is 0 Å². The predicted molar refractivity (Wildman–Crippen MR) is 40.6 cm³/mol. The van der Waals surface area contributed by atoms with Crippen LogP contribution in [0.15, 0.2) is 0 Å². The molecule has 0 radical (unpaired) electrons. The third kappa shape index (κ3) is 4.24. The van der Waals surface area contributed by atoms with Gasteiger partial charge in [-0.3, -0.25) is 4.79 Å². The molecule has 0 bridgehead atoms. The molecule has 0 saturated heterocycles. The Hall–Kier alpha value is -0.690. The third-order valence-corrected chi connectivity index (χ3v) is 1.51. The molecule has 0 saturated carbocycles. The number of aliphatic carboxylic acids is 1. The minimum Gasteiger partial charge on any atom is -0.480 e. The average molecular weight is 178 g/mol. The second kappa shape index (κ2) is 5.90.